The predicted octanol–water partition coefficient (Wildman–Crippen LogP) is 4.37. The third-order valence-corrected chi connectivity index (χ3v) is 4.51. The Bertz CT molecular complexity index is 593. The van der Waals surface area contributed by atoms with Gasteiger partial charge in [0.05, 0.1) is 6.04 Å². The number of aryl methyl sites for hydroxylation is 1. The smallest absolute Gasteiger partial charge is 0.251 e. The Labute approximate surface area is 130 Å². The monoisotopic (exact) mass is 302 g/mol. The van der Waals surface area contributed by atoms with Crippen LogP contribution < -0.4 is 10.6 Å². The number of hydrogen-bond acceptors (Lipinski definition) is 3. The van der Waals surface area contributed by atoms with Gasteiger partial charge in [0.25, 0.3) is 5.91 Å². The van der Waals surface area contributed by atoms with E-state index >= 15 is 0 Å². The van der Waals surface area contributed by atoms with Crippen LogP contribution in [0, 0.1) is 6.92 Å². The van der Waals surface area contributed by atoms with Crippen LogP contribution in [0.2, 0.25) is 0 Å². The quantitative estimate of drug-likeness (QED) is 0.832. The zero-order valence-corrected chi connectivity index (χ0v) is 13.6. The van der Waals surface area contributed by atoms with Gasteiger partial charge < -0.3 is 10.6 Å². The number of anilines is 1. The van der Waals surface area contributed by atoms with Crippen molar-refractivity contribution in [3.63, 3.8) is 0 Å². The topological polar surface area (TPSA) is 41.1 Å². The van der Waals surface area contributed by atoms with Crippen LogP contribution >= 0.6 is 11.3 Å². The molecule has 4 heteroatoms. The van der Waals surface area contributed by atoms with Gasteiger partial charge in [-0.15, -0.1) is 11.3 Å². The Hall–Kier alpha value is -1.81. The predicted molar refractivity (Wildman–Crippen MR) is 90.2 cm³/mol. The first kappa shape index (κ1) is 15.6. The fourth-order valence-corrected chi connectivity index (χ4v) is 3.20. The summed E-state index contributed by atoms with van der Waals surface area (Å²) in [6, 6.07) is 9.96. The first-order valence-corrected chi connectivity index (χ1v) is 8.16. The van der Waals surface area contributed by atoms with E-state index in [0.29, 0.717) is 5.56 Å². The molecule has 21 heavy (non-hydrogen) atoms. The maximum atomic E-state index is 12.5. The first-order chi connectivity index (χ1) is 10.2. The van der Waals surface area contributed by atoms with Gasteiger partial charge in [0.1, 0.15) is 0 Å². The summed E-state index contributed by atoms with van der Waals surface area (Å²) in [7, 11) is 1.89. The molecule has 0 aliphatic rings. The van der Waals surface area contributed by atoms with E-state index in [4.69, 9.17) is 0 Å². The Morgan fingerprint density at radius 3 is 2.71 bits per heavy atom. The summed E-state index contributed by atoms with van der Waals surface area (Å²) in [6.45, 7) is 4.14. The van der Waals surface area contributed by atoms with Gasteiger partial charge in [-0.2, -0.15) is 0 Å². The van der Waals surface area contributed by atoms with Crippen LogP contribution in [0.25, 0.3) is 0 Å². The van der Waals surface area contributed by atoms with Crippen molar-refractivity contribution in [2.24, 2.45) is 0 Å². The van der Waals surface area contributed by atoms with E-state index in [-0.39, 0.29) is 11.9 Å². The highest BCUT2D eigenvalue weighted by Crippen LogP contribution is 2.24. The van der Waals surface area contributed by atoms with Crippen LogP contribution in [0.4, 0.5) is 5.69 Å². The van der Waals surface area contributed by atoms with Crippen LogP contribution in [0.1, 0.15) is 46.6 Å². The molecule has 0 aliphatic carbocycles. The molecule has 0 saturated heterocycles. The van der Waals surface area contributed by atoms with Crippen LogP contribution in [0.3, 0.4) is 0 Å². The van der Waals surface area contributed by atoms with E-state index in [1.807, 2.05) is 38.2 Å². The lowest BCUT2D eigenvalue weighted by atomic mass is 10.1. The van der Waals surface area contributed by atoms with Crippen molar-refractivity contribution in [2.75, 3.05) is 12.4 Å². The number of hydrogen-bond donors (Lipinski definition) is 2. The summed E-state index contributed by atoms with van der Waals surface area (Å²) in [4.78, 5) is 13.7. The SMILES string of the molecule is CCCC(NC(=O)c1ccc(NC)c(C)c1)c1cccs1. The molecule has 0 aliphatic heterocycles. The van der Waals surface area contributed by atoms with Crippen LogP contribution in [0.5, 0.6) is 0 Å². The molecule has 1 unspecified atom stereocenters. The minimum Gasteiger partial charge on any atom is -0.388 e. The second-order valence-corrected chi connectivity index (χ2v) is 6.09. The van der Waals surface area contributed by atoms with Crippen LogP contribution in [0.15, 0.2) is 35.7 Å². The van der Waals surface area contributed by atoms with Gasteiger partial charge in [-0.05, 0) is 48.6 Å². The van der Waals surface area contributed by atoms with E-state index in [0.717, 1.165) is 24.1 Å². The third kappa shape index (κ3) is 3.85. The summed E-state index contributed by atoms with van der Waals surface area (Å²) < 4.78 is 0. The Morgan fingerprint density at radius 1 is 1.33 bits per heavy atom. The van der Waals surface area contributed by atoms with Crippen molar-refractivity contribution in [3.05, 3.63) is 51.7 Å². The van der Waals surface area contributed by atoms with Crippen molar-refractivity contribution >= 4 is 22.9 Å². The van der Waals surface area contributed by atoms with Gasteiger partial charge >= 0.3 is 0 Å². The summed E-state index contributed by atoms with van der Waals surface area (Å²) in [5.41, 5.74) is 2.84. The minimum absolute atomic E-state index is 0.00685. The van der Waals surface area contributed by atoms with Gasteiger partial charge in [-0.3, -0.25) is 4.79 Å². The van der Waals surface area contributed by atoms with Crippen LogP contribution in [-0.4, -0.2) is 13.0 Å². The second-order valence-electron chi connectivity index (χ2n) is 5.11. The first-order valence-electron chi connectivity index (χ1n) is 7.28. The number of amides is 1. The molecular formula is C17H22N2OS. The van der Waals surface area contributed by atoms with E-state index < -0.39 is 0 Å². The highest BCUT2D eigenvalue weighted by molar-refractivity contribution is 7.10. The van der Waals surface area contributed by atoms with Crippen LogP contribution in [-0.2, 0) is 0 Å². The number of rotatable bonds is 6. The second kappa shape index (κ2) is 7.27. The van der Waals surface area contributed by atoms with Crippen molar-refractivity contribution in [3.8, 4) is 0 Å². The summed E-state index contributed by atoms with van der Waals surface area (Å²) in [6.07, 6.45) is 2.00. The lowest BCUT2D eigenvalue weighted by Crippen LogP contribution is -2.28. The molecule has 112 valence electrons. The molecule has 0 radical (unpaired) electrons. The zero-order chi connectivity index (χ0) is 15.2. The van der Waals surface area contributed by atoms with E-state index in [1.54, 1.807) is 11.3 Å². The lowest BCUT2D eigenvalue weighted by Gasteiger charge is -2.17. The molecule has 1 heterocycles. The molecule has 2 aromatic rings. The normalized spacial score (nSPS) is 12.0. The number of thiophene rings is 1. The molecule has 3 nitrogen and oxygen atoms in total. The summed E-state index contributed by atoms with van der Waals surface area (Å²) in [5, 5.41) is 8.32. The molecule has 1 amide bonds. The molecule has 0 saturated carbocycles. The summed E-state index contributed by atoms with van der Waals surface area (Å²) >= 11 is 1.69. The fraction of sp³-hybridized carbons (Fsp3) is 0.353. The molecule has 0 spiro atoms. The molecule has 0 bridgehead atoms. The Morgan fingerprint density at radius 2 is 2.14 bits per heavy atom. The van der Waals surface area contributed by atoms with Gasteiger partial charge in [0, 0.05) is 23.2 Å². The highest BCUT2D eigenvalue weighted by atomic mass is 32.1. The van der Waals surface area contributed by atoms with Crippen molar-refractivity contribution in [1.82, 2.24) is 5.32 Å². The van der Waals surface area contributed by atoms with Gasteiger partial charge in [-0.1, -0.05) is 19.4 Å². The maximum absolute atomic E-state index is 12.5. The zero-order valence-electron chi connectivity index (χ0n) is 12.8. The van der Waals surface area contributed by atoms with E-state index in [1.165, 1.54) is 4.88 Å². The van der Waals surface area contributed by atoms with Crippen molar-refractivity contribution in [1.29, 1.82) is 0 Å². The van der Waals surface area contributed by atoms with Gasteiger partial charge in [0.15, 0.2) is 0 Å². The largest absolute Gasteiger partial charge is 0.388 e. The molecule has 1 atom stereocenters. The number of carbonyl (C=O) groups excluding carboxylic acids is 1. The Balaban J connectivity index is 2.13. The molecular weight excluding hydrogens is 280 g/mol. The molecule has 1 aromatic carbocycles. The number of nitrogens with one attached hydrogen (secondary N) is 2. The van der Waals surface area contributed by atoms with Crippen molar-refractivity contribution < 1.29 is 4.79 Å². The minimum atomic E-state index is -0.00685. The fourth-order valence-electron chi connectivity index (χ4n) is 2.39. The molecule has 1 aromatic heterocycles. The van der Waals surface area contributed by atoms with Crippen molar-refractivity contribution in [2.45, 2.75) is 32.7 Å². The highest BCUT2D eigenvalue weighted by Gasteiger charge is 2.16. The Kier molecular flexibility index (Phi) is 5.39. The average Bonchev–Trinajstić information content (AvgIpc) is 3.00. The summed E-state index contributed by atoms with van der Waals surface area (Å²) in [5.74, 6) is -0.00685. The third-order valence-electron chi connectivity index (χ3n) is 3.53. The number of carbonyl (C=O) groups is 1. The molecule has 2 rings (SSSR count). The standard InChI is InChI=1S/C17H22N2OS/c1-4-6-15(16-7-5-10-21-16)19-17(20)13-8-9-14(18-3)12(2)11-13/h5,7-11,15,18H,4,6H2,1-3H3,(H,19,20). The number of benzene rings is 1. The molecule has 0 fully saturated rings. The average molecular weight is 302 g/mol. The maximum Gasteiger partial charge on any atom is 0.251 e. The van der Waals surface area contributed by atoms with E-state index in [2.05, 4.69) is 29.0 Å². The molecule has 2 N–H and O–H groups in total. The van der Waals surface area contributed by atoms with E-state index in [9.17, 15) is 4.79 Å². The van der Waals surface area contributed by atoms with Gasteiger partial charge in [-0.25, -0.2) is 0 Å². The van der Waals surface area contributed by atoms with Gasteiger partial charge in [0.2, 0.25) is 0 Å². The lowest BCUT2D eigenvalue weighted by molar-refractivity contribution is 0.0935.